The molecule has 6 nitrogen and oxygen atoms in total. The Morgan fingerprint density at radius 1 is 0.903 bits per heavy atom. The zero-order chi connectivity index (χ0) is 21.5. The number of fused-ring (bicyclic) bond motifs is 1. The van der Waals surface area contributed by atoms with E-state index in [2.05, 4.69) is 0 Å². The average molecular weight is 427 g/mol. The molecular formula is C25H30O6. The molecule has 3 atom stereocenters. The van der Waals surface area contributed by atoms with Crippen LogP contribution in [-0.4, -0.2) is 45.1 Å². The van der Waals surface area contributed by atoms with Crippen LogP contribution in [0, 0.1) is 5.92 Å². The van der Waals surface area contributed by atoms with Gasteiger partial charge in [-0.3, -0.25) is 0 Å². The van der Waals surface area contributed by atoms with Crippen LogP contribution in [0.4, 0.5) is 0 Å². The van der Waals surface area contributed by atoms with Crippen molar-refractivity contribution >= 4 is 5.97 Å². The van der Waals surface area contributed by atoms with E-state index < -0.39 is 5.97 Å². The second-order valence-corrected chi connectivity index (χ2v) is 8.11. The van der Waals surface area contributed by atoms with Crippen LogP contribution in [-0.2, 0) is 9.47 Å². The fourth-order valence-corrected chi connectivity index (χ4v) is 3.88. The number of epoxide rings is 1. The number of esters is 1. The fourth-order valence-electron chi connectivity index (χ4n) is 3.88. The quantitative estimate of drug-likeness (QED) is 0.225. The van der Waals surface area contributed by atoms with E-state index in [0.29, 0.717) is 41.8 Å². The highest BCUT2D eigenvalue weighted by molar-refractivity contribution is 5.91. The van der Waals surface area contributed by atoms with Gasteiger partial charge in [-0.2, -0.15) is 0 Å². The molecule has 2 aromatic rings. The van der Waals surface area contributed by atoms with E-state index in [0.717, 1.165) is 38.2 Å². The fraction of sp³-hybridized carbons (Fsp3) is 0.480. The topological polar surface area (TPSA) is 66.5 Å². The van der Waals surface area contributed by atoms with Crippen molar-refractivity contribution in [3.63, 3.8) is 0 Å². The molecule has 166 valence electrons. The second-order valence-electron chi connectivity index (χ2n) is 8.11. The molecule has 1 aliphatic heterocycles. The van der Waals surface area contributed by atoms with E-state index in [1.54, 1.807) is 55.6 Å². The predicted molar refractivity (Wildman–Crippen MR) is 116 cm³/mol. The number of hydrogen-bond acceptors (Lipinski definition) is 6. The lowest BCUT2D eigenvalue weighted by Gasteiger charge is -2.18. The van der Waals surface area contributed by atoms with Crippen LogP contribution in [0.15, 0.2) is 48.5 Å². The summed E-state index contributed by atoms with van der Waals surface area (Å²) in [4.78, 5) is 12.3. The lowest BCUT2D eigenvalue weighted by molar-refractivity contribution is 0.0734. The van der Waals surface area contributed by atoms with Gasteiger partial charge in [0.25, 0.3) is 0 Å². The molecule has 1 aliphatic carbocycles. The van der Waals surface area contributed by atoms with Crippen LogP contribution in [0.1, 0.15) is 42.5 Å². The molecule has 0 N–H and O–H groups in total. The van der Waals surface area contributed by atoms with Gasteiger partial charge in [-0.25, -0.2) is 4.79 Å². The molecular weight excluding hydrogens is 396 g/mol. The number of methoxy groups -OCH3 is 1. The molecule has 1 saturated carbocycles. The smallest absolute Gasteiger partial charge is 0.343 e. The number of ether oxygens (including phenoxy) is 5. The molecule has 6 heteroatoms. The Labute approximate surface area is 183 Å². The molecule has 31 heavy (non-hydrogen) atoms. The lowest BCUT2D eigenvalue weighted by Crippen LogP contribution is -2.18. The Morgan fingerprint density at radius 3 is 2.35 bits per heavy atom. The summed E-state index contributed by atoms with van der Waals surface area (Å²) >= 11 is 0. The van der Waals surface area contributed by atoms with Gasteiger partial charge in [0, 0.05) is 13.2 Å². The van der Waals surface area contributed by atoms with Crippen LogP contribution in [0.2, 0.25) is 0 Å². The summed E-state index contributed by atoms with van der Waals surface area (Å²) in [6.07, 6.45) is 6.57. The van der Waals surface area contributed by atoms with Gasteiger partial charge in [0.1, 0.15) is 17.2 Å². The molecule has 1 heterocycles. The zero-order valence-corrected chi connectivity index (χ0v) is 18.0. The molecule has 1 saturated heterocycles. The van der Waals surface area contributed by atoms with Crippen LogP contribution in [0.25, 0.3) is 0 Å². The normalized spacial score (nSPS) is 21.8. The minimum Gasteiger partial charge on any atom is -0.497 e. The summed E-state index contributed by atoms with van der Waals surface area (Å²) in [5, 5.41) is 0. The van der Waals surface area contributed by atoms with Gasteiger partial charge >= 0.3 is 5.97 Å². The molecule has 2 fully saturated rings. The van der Waals surface area contributed by atoms with Crippen molar-refractivity contribution in [3.05, 3.63) is 54.1 Å². The van der Waals surface area contributed by atoms with Gasteiger partial charge in [-0.15, -0.1) is 0 Å². The first-order valence-corrected chi connectivity index (χ1v) is 11.0. The first kappa shape index (κ1) is 21.7. The molecule has 0 spiro atoms. The maximum atomic E-state index is 12.3. The largest absolute Gasteiger partial charge is 0.497 e. The van der Waals surface area contributed by atoms with E-state index >= 15 is 0 Å². The standard InChI is InChI=1S/C25H30O6/c1-27-20-9-11-22(12-10-20)30-25(26)19-5-7-21(8-6-19)29-15-3-2-14-28-17-18-4-13-23-24(16-18)31-23/h5-12,18,23-24H,2-4,13-17H2,1H3. The third kappa shape index (κ3) is 6.45. The van der Waals surface area contributed by atoms with Crippen molar-refractivity contribution < 1.29 is 28.5 Å². The average Bonchev–Trinajstić information content (AvgIpc) is 3.58. The van der Waals surface area contributed by atoms with Gasteiger partial charge in [0.2, 0.25) is 0 Å². The molecule has 0 radical (unpaired) electrons. The number of hydrogen-bond donors (Lipinski definition) is 0. The number of carbonyl (C=O) groups excluding carboxylic acids is 1. The van der Waals surface area contributed by atoms with E-state index in [1.807, 2.05) is 0 Å². The van der Waals surface area contributed by atoms with Gasteiger partial charge in [0.05, 0.1) is 31.5 Å². The van der Waals surface area contributed by atoms with Gasteiger partial charge in [0.15, 0.2) is 0 Å². The molecule has 2 aromatic carbocycles. The number of benzene rings is 2. The Balaban J connectivity index is 1.09. The highest BCUT2D eigenvalue weighted by Crippen LogP contribution is 2.39. The minimum absolute atomic E-state index is 0.407. The first-order chi connectivity index (χ1) is 15.2. The van der Waals surface area contributed by atoms with E-state index in [4.69, 9.17) is 23.7 Å². The van der Waals surface area contributed by atoms with Crippen molar-refractivity contribution in [2.75, 3.05) is 26.9 Å². The van der Waals surface area contributed by atoms with Crippen molar-refractivity contribution in [1.29, 1.82) is 0 Å². The summed E-state index contributed by atoms with van der Waals surface area (Å²) in [5.74, 6) is 2.18. The monoisotopic (exact) mass is 426 g/mol. The summed E-state index contributed by atoms with van der Waals surface area (Å²) < 4.78 is 27.6. The van der Waals surface area contributed by atoms with Crippen LogP contribution < -0.4 is 14.2 Å². The highest BCUT2D eigenvalue weighted by atomic mass is 16.6. The molecule has 0 aromatic heterocycles. The molecule has 3 unspecified atom stereocenters. The van der Waals surface area contributed by atoms with Crippen LogP contribution in [0.5, 0.6) is 17.2 Å². The number of rotatable bonds is 11. The number of unbranched alkanes of at least 4 members (excludes halogenated alkanes) is 1. The summed E-state index contributed by atoms with van der Waals surface area (Å²) in [6.45, 7) is 2.24. The van der Waals surface area contributed by atoms with E-state index in [1.165, 1.54) is 12.8 Å². The van der Waals surface area contributed by atoms with Crippen molar-refractivity contribution in [3.8, 4) is 17.2 Å². The molecule has 4 rings (SSSR count). The number of carbonyl (C=O) groups is 1. The Bertz CT molecular complexity index is 832. The SMILES string of the molecule is COc1ccc(OC(=O)c2ccc(OCCCCOCC3CCC4OC4C3)cc2)cc1. The summed E-state index contributed by atoms with van der Waals surface area (Å²) in [7, 11) is 1.59. The Hall–Kier alpha value is -2.57. The van der Waals surface area contributed by atoms with E-state index in [-0.39, 0.29) is 0 Å². The third-order valence-electron chi connectivity index (χ3n) is 5.78. The predicted octanol–water partition coefficient (Wildman–Crippen LogP) is 4.66. The molecule has 2 aliphatic rings. The van der Waals surface area contributed by atoms with Gasteiger partial charge in [-0.1, -0.05) is 0 Å². The second kappa shape index (κ2) is 10.6. The maximum Gasteiger partial charge on any atom is 0.343 e. The Morgan fingerprint density at radius 2 is 1.61 bits per heavy atom. The van der Waals surface area contributed by atoms with Crippen molar-refractivity contribution in [2.24, 2.45) is 5.92 Å². The molecule has 0 bridgehead atoms. The maximum absolute atomic E-state index is 12.3. The zero-order valence-electron chi connectivity index (χ0n) is 18.0. The van der Waals surface area contributed by atoms with E-state index in [9.17, 15) is 4.79 Å². The van der Waals surface area contributed by atoms with Crippen LogP contribution >= 0.6 is 0 Å². The van der Waals surface area contributed by atoms with Crippen molar-refractivity contribution in [1.82, 2.24) is 0 Å². The highest BCUT2D eigenvalue weighted by Gasteiger charge is 2.43. The molecule has 0 amide bonds. The summed E-state index contributed by atoms with van der Waals surface area (Å²) in [6, 6.07) is 13.9. The van der Waals surface area contributed by atoms with Crippen molar-refractivity contribution in [2.45, 2.75) is 44.3 Å². The third-order valence-corrected chi connectivity index (χ3v) is 5.78. The lowest BCUT2D eigenvalue weighted by atomic mass is 9.90. The van der Waals surface area contributed by atoms with Gasteiger partial charge in [-0.05, 0) is 86.6 Å². The Kier molecular flexibility index (Phi) is 7.43. The summed E-state index contributed by atoms with van der Waals surface area (Å²) in [5.41, 5.74) is 0.474. The van der Waals surface area contributed by atoms with Gasteiger partial charge < -0.3 is 23.7 Å². The van der Waals surface area contributed by atoms with Crippen LogP contribution in [0.3, 0.4) is 0 Å². The minimum atomic E-state index is -0.407. The first-order valence-electron chi connectivity index (χ1n) is 11.0.